The minimum atomic E-state index is 0.596. The quantitative estimate of drug-likeness (QED) is 0.786. The first kappa shape index (κ1) is 13.6. The summed E-state index contributed by atoms with van der Waals surface area (Å²) in [6.45, 7) is 0. The lowest BCUT2D eigenvalue weighted by Gasteiger charge is -2.17. The third kappa shape index (κ3) is 3.05. The highest BCUT2D eigenvalue weighted by molar-refractivity contribution is 5.59. The molecule has 0 saturated heterocycles. The summed E-state index contributed by atoms with van der Waals surface area (Å²) in [4.78, 5) is 10.6. The second kappa shape index (κ2) is 6.40. The van der Waals surface area contributed by atoms with Crippen molar-refractivity contribution in [1.29, 1.82) is 0 Å². The second-order valence-corrected chi connectivity index (χ2v) is 5.19. The summed E-state index contributed by atoms with van der Waals surface area (Å²) < 4.78 is 6.07. The van der Waals surface area contributed by atoms with E-state index in [2.05, 4.69) is 12.1 Å². The summed E-state index contributed by atoms with van der Waals surface area (Å²) >= 11 is 0. The maximum atomic E-state index is 10.6. The number of carbonyl (C=O) groups excluding carboxylic acids is 1. The number of fused-ring (bicyclic) bond motifs is 1. The predicted octanol–water partition coefficient (Wildman–Crippen LogP) is 2.80. The second-order valence-electron chi connectivity index (χ2n) is 5.19. The molecule has 0 spiro atoms. The minimum Gasteiger partial charge on any atom is -0.461 e. The first-order chi connectivity index (χ1) is 10.4. The van der Waals surface area contributed by atoms with Crippen LogP contribution in [0, 0.1) is 0 Å². The van der Waals surface area contributed by atoms with Crippen molar-refractivity contribution >= 4 is 17.6 Å². The predicted molar refractivity (Wildman–Crippen MR) is 84.1 cm³/mol. The van der Waals surface area contributed by atoms with Gasteiger partial charge in [0, 0.05) is 18.1 Å². The van der Waals surface area contributed by atoms with Crippen LogP contribution in [0.2, 0.25) is 0 Å². The van der Waals surface area contributed by atoms with Gasteiger partial charge in [-0.15, -0.1) is 0 Å². The third-order valence-corrected chi connectivity index (χ3v) is 3.81. The van der Waals surface area contributed by atoms with E-state index in [-0.39, 0.29) is 0 Å². The van der Waals surface area contributed by atoms with Gasteiger partial charge in [0.05, 0.1) is 0 Å². The first-order valence-corrected chi connectivity index (χ1v) is 7.35. The molecule has 2 aromatic rings. The van der Waals surface area contributed by atoms with Crippen molar-refractivity contribution in [2.45, 2.75) is 25.7 Å². The van der Waals surface area contributed by atoms with Gasteiger partial charge in [-0.05, 0) is 30.2 Å². The van der Waals surface area contributed by atoms with E-state index in [1.807, 2.05) is 42.5 Å². The number of ether oxygens (including phenoxy) is 1. The molecule has 0 saturated carbocycles. The smallest absolute Gasteiger partial charge is 0.126 e. The van der Waals surface area contributed by atoms with Crippen LogP contribution in [0.3, 0.4) is 0 Å². The number of carbonyl (C=O) groups is 1. The van der Waals surface area contributed by atoms with E-state index in [1.165, 1.54) is 10.8 Å². The molecule has 0 aromatic heterocycles. The van der Waals surface area contributed by atoms with Crippen molar-refractivity contribution in [3.05, 3.63) is 65.0 Å². The molecule has 0 aliphatic heterocycles. The number of para-hydroxylation sites is 1. The van der Waals surface area contributed by atoms with Crippen LogP contribution in [0.25, 0.3) is 11.3 Å². The average molecular weight is 278 g/mol. The summed E-state index contributed by atoms with van der Waals surface area (Å²) in [6.07, 6.45) is 4.29. The molecule has 21 heavy (non-hydrogen) atoms. The van der Waals surface area contributed by atoms with Gasteiger partial charge in [0.1, 0.15) is 17.8 Å². The number of hydrogen-bond acceptors (Lipinski definition) is 2. The highest BCUT2D eigenvalue weighted by atomic mass is 16.5. The Hall–Kier alpha value is -2.35. The van der Waals surface area contributed by atoms with Crippen molar-refractivity contribution < 1.29 is 9.53 Å². The summed E-state index contributed by atoms with van der Waals surface area (Å²) in [5.41, 5.74) is 1.36. The Morgan fingerprint density at radius 3 is 2.38 bits per heavy atom. The van der Waals surface area contributed by atoms with Gasteiger partial charge in [-0.25, -0.2) is 0 Å². The molecule has 0 amide bonds. The fourth-order valence-corrected chi connectivity index (χ4v) is 2.80. The van der Waals surface area contributed by atoms with Crippen LogP contribution < -0.4 is 15.2 Å². The topological polar surface area (TPSA) is 26.3 Å². The van der Waals surface area contributed by atoms with Crippen molar-refractivity contribution in [2.75, 3.05) is 0 Å². The van der Waals surface area contributed by atoms with E-state index in [9.17, 15) is 4.79 Å². The Morgan fingerprint density at radius 2 is 1.62 bits per heavy atom. The maximum absolute atomic E-state index is 10.6. The molecule has 3 rings (SSSR count). The van der Waals surface area contributed by atoms with E-state index in [0.29, 0.717) is 6.42 Å². The highest BCUT2D eigenvalue weighted by Gasteiger charge is 2.12. The van der Waals surface area contributed by atoms with Crippen LogP contribution in [0.5, 0.6) is 5.75 Å². The Labute approximate surface area is 124 Å². The monoisotopic (exact) mass is 278 g/mol. The van der Waals surface area contributed by atoms with E-state index >= 15 is 0 Å². The molecule has 2 heteroatoms. The van der Waals surface area contributed by atoms with Crippen molar-refractivity contribution in [3.8, 4) is 5.75 Å². The van der Waals surface area contributed by atoms with Gasteiger partial charge in [0.2, 0.25) is 0 Å². The number of benzene rings is 2. The van der Waals surface area contributed by atoms with Crippen molar-refractivity contribution in [2.24, 2.45) is 0 Å². The largest absolute Gasteiger partial charge is 0.461 e. The third-order valence-electron chi connectivity index (χ3n) is 3.81. The molecule has 0 fully saturated rings. The number of aldehydes is 1. The molecule has 1 aliphatic carbocycles. The molecule has 0 unspecified atom stereocenters. The summed E-state index contributed by atoms with van der Waals surface area (Å²) in [5, 5.41) is 2.39. The molecule has 0 heterocycles. The molecule has 106 valence electrons. The summed E-state index contributed by atoms with van der Waals surface area (Å²) in [5.74, 6) is 1.89. The molecule has 2 aromatic carbocycles. The van der Waals surface area contributed by atoms with E-state index < -0.39 is 0 Å². The van der Waals surface area contributed by atoms with Crippen LogP contribution in [-0.2, 0) is 4.79 Å². The molecule has 0 bridgehead atoms. The lowest BCUT2D eigenvalue weighted by Crippen LogP contribution is -2.33. The Morgan fingerprint density at radius 1 is 0.905 bits per heavy atom. The first-order valence-electron chi connectivity index (χ1n) is 7.35. The number of rotatable bonds is 5. The van der Waals surface area contributed by atoms with Gasteiger partial charge in [-0.1, -0.05) is 48.0 Å². The lowest BCUT2D eigenvalue weighted by molar-refractivity contribution is -0.107. The van der Waals surface area contributed by atoms with Crippen molar-refractivity contribution in [3.63, 3.8) is 0 Å². The SMILES string of the molecule is O=CCCC1=c2ccccc2=C(Oc2ccccc2)CC1. The van der Waals surface area contributed by atoms with Gasteiger partial charge in [0.15, 0.2) is 0 Å². The Kier molecular flexibility index (Phi) is 4.15. The zero-order valence-electron chi connectivity index (χ0n) is 11.9. The lowest BCUT2D eigenvalue weighted by atomic mass is 9.95. The molecular weight excluding hydrogens is 260 g/mol. The van der Waals surface area contributed by atoms with Gasteiger partial charge in [-0.3, -0.25) is 0 Å². The summed E-state index contributed by atoms with van der Waals surface area (Å²) in [7, 11) is 0. The molecule has 0 radical (unpaired) electrons. The van der Waals surface area contributed by atoms with Crippen LogP contribution in [-0.4, -0.2) is 6.29 Å². The van der Waals surface area contributed by atoms with Gasteiger partial charge in [0.25, 0.3) is 0 Å². The zero-order valence-corrected chi connectivity index (χ0v) is 11.9. The van der Waals surface area contributed by atoms with Crippen LogP contribution in [0.4, 0.5) is 0 Å². The fraction of sp³-hybridized carbons (Fsp3) is 0.211. The van der Waals surface area contributed by atoms with E-state index in [4.69, 9.17) is 4.74 Å². The normalized spacial score (nSPS) is 13.7. The van der Waals surface area contributed by atoms with Crippen LogP contribution in [0.15, 0.2) is 54.6 Å². The standard InChI is InChI=1S/C19H18O2/c20-14-6-7-15-12-13-19(18-11-5-4-10-17(15)18)21-16-8-2-1-3-9-16/h1-5,8-11,14H,6-7,12-13H2. The van der Waals surface area contributed by atoms with Crippen LogP contribution in [0.1, 0.15) is 25.7 Å². The Balaban J connectivity index is 2.05. The van der Waals surface area contributed by atoms with Gasteiger partial charge < -0.3 is 9.53 Å². The van der Waals surface area contributed by atoms with Crippen molar-refractivity contribution in [1.82, 2.24) is 0 Å². The summed E-state index contributed by atoms with van der Waals surface area (Å²) in [6, 6.07) is 18.2. The maximum Gasteiger partial charge on any atom is 0.126 e. The molecule has 0 N–H and O–H groups in total. The molecule has 2 nitrogen and oxygen atoms in total. The van der Waals surface area contributed by atoms with E-state index in [1.54, 1.807) is 0 Å². The minimum absolute atomic E-state index is 0.596. The van der Waals surface area contributed by atoms with Crippen LogP contribution >= 0.6 is 0 Å². The average Bonchev–Trinajstić information content (AvgIpc) is 2.55. The highest BCUT2D eigenvalue weighted by Crippen LogP contribution is 2.21. The molecular formula is C19H18O2. The van der Waals surface area contributed by atoms with Gasteiger partial charge >= 0.3 is 0 Å². The Bertz CT molecular complexity index is 745. The van der Waals surface area contributed by atoms with Gasteiger partial charge in [-0.2, -0.15) is 0 Å². The molecule has 1 aliphatic rings. The van der Waals surface area contributed by atoms with E-state index in [0.717, 1.165) is 42.3 Å². The zero-order chi connectivity index (χ0) is 14.5. The fourth-order valence-electron chi connectivity index (χ4n) is 2.80. The number of hydrogen-bond donors (Lipinski definition) is 0. The molecule has 0 atom stereocenters.